The number of piperidine rings is 1. The molecule has 1 aromatic heterocycles. The number of nitrogens with zero attached hydrogens (tertiary/aromatic N) is 2. The molecule has 2 rings (SSSR count). The molecule has 1 aromatic rings. The van der Waals surface area contributed by atoms with Crippen LogP contribution in [-0.2, 0) is 0 Å². The number of hydrogen-bond donors (Lipinski definition) is 2. The van der Waals surface area contributed by atoms with Crippen LogP contribution in [0.5, 0.6) is 0 Å². The average Bonchev–Trinajstić information content (AvgIpc) is 2.42. The van der Waals surface area contributed by atoms with Crippen molar-refractivity contribution < 1.29 is 9.90 Å². The van der Waals surface area contributed by atoms with Gasteiger partial charge in [0, 0.05) is 18.8 Å². The smallest absolute Gasteiger partial charge is 0.337 e. The van der Waals surface area contributed by atoms with Gasteiger partial charge < -0.3 is 15.3 Å². The number of carbonyl (C=O) groups is 1. The molecule has 0 aromatic carbocycles. The third kappa shape index (κ3) is 3.16. The molecule has 1 saturated heterocycles. The molecule has 6 heteroatoms. The molecule has 5 nitrogen and oxygen atoms in total. The Hall–Kier alpha value is -1.33. The van der Waals surface area contributed by atoms with Crippen LogP contribution in [-0.4, -0.2) is 41.7 Å². The van der Waals surface area contributed by atoms with Gasteiger partial charge in [0.1, 0.15) is 5.82 Å². The van der Waals surface area contributed by atoms with E-state index in [9.17, 15) is 4.79 Å². The molecule has 1 fully saturated rings. The summed E-state index contributed by atoms with van der Waals surface area (Å²) in [6.45, 7) is 4.85. The van der Waals surface area contributed by atoms with Gasteiger partial charge in [0.25, 0.3) is 0 Å². The summed E-state index contributed by atoms with van der Waals surface area (Å²) in [5, 5.41) is 12.7. The zero-order valence-electron chi connectivity index (χ0n) is 10.9. The second kappa shape index (κ2) is 6.21. The van der Waals surface area contributed by atoms with Crippen molar-refractivity contribution in [3.05, 3.63) is 22.8 Å². The number of anilines is 1. The van der Waals surface area contributed by atoms with Gasteiger partial charge in [-0.25, -0.2) is 9.78 Å². The molecule has 0 aliphatic carbocycles. The predicted molar refractivity (Wildman–Crippen MR) is 75.1 cm³/mol. The Morgan fingerprint density at radius 1 is 1.58 bits per heavy atom. The third-order valence-corrected chi connectivity index (χ3v) is 3.71. The molecule has 19 heavy (non-hydrogen) atoms. The van der Waals surface area contributed by atoms with Crippen LogP contribution in [0.15, 0.2) is 12.3 Å². The Bertz CT molecular complexity index is 461. The molecule has 0 saturated carbocycles. The minimum absolute atomic E-state index is 0.120. The van der Waals surface area contributed by atoms with Gasteiger partial charge in [-0.1, -0.05) is 11.6 Å². The van der Waals surface area contributed by atoms with Crippen LogP contribution in [0.1, 0.15) is 30.1 Å². The van der Waals surface area contributed by atoms with Crippen LogP contribution < -0.4 is 10.2 Å². The summed E-state index contributed by atoms with van der Waals surface area (Å²) in [6.07, 6.45) is 3.46. The Morgan fingerprint density at radius 3 is 2.79 bits per heavy atom. The topological polar surface area (TPSA) is 65.5 Å². The number of aromatic nitrogens is 1. The molecule has 1 aliphatic heterocycles. The first-order valence-electron chi connectivity index (χ1n) is 6.49. The van der Waals surface area contributed by atoms with Crippen LogP contribution in [0.2, 0.25) is 5.02 Å². The fraction of sp³-hybridized carbons (Fsp3) is 0.538. The zero-order valence-corrected chi connectivity index (χ0v) is 11.7. The van der Waals surface area contributed by atoms with Gasteiger partial charge in [-0.05, 0) is 38.9 Å². The first kappa shape index (κ1) is 14.1. The van der Waals surface area contributed by atoms with E-state index in [1.165, 1.54) is 12.3 Å². The van der Waals surface area contributed by atoms with Crippen molar-refractivity contribution in [1.29, 1.82) is 0 Å². The van der Waals surface area contributed by atoms with E-state index in [4.69, 9.17) is 16.7 Å². The van der Waals surface area contributed by atoms with E-state index >= 15 is 0 Å². The molecule has 0 spiro atoms. The lowest BCUT2D eigenvalue weighted by Crippen LogP contribution is -2.43. The summed E-state index contributed by atoms with van der Waals surface area (Å²) in [4.78, 5) is 17.3. The lowest BCUT2D eigenvalue weighted by molar-refractivity contribution is 0.0696. The monoisotopic (exact) mass is 283 g/mol. The standard InChI is InChI=1S/C13H18ClN3O2/c1-2-17(10-3-5-15-6-4-10)12-11(14)7-9(8-16-12)13(18)19/h7-8,10,15H,2-6H2,1H3,(H,18,19). The Balaban J connectivity index is 2.24. The Kier molecular flexibility index (Phi) is 4.61. The maximum Gasteiger partial charge on any atom is 0.337 e. The second-order valence-corrected chi connectivity index (χ2v) is 5.01. The summed E-state index contributed by atoms with van der Waals surface area (Å²) < 4.78 is 0. The highest BCUT2D eigenvalue weighted by Crippen LogP contribution is 2.27. The van der Waals surface area contributed by atoms with Crippen molar-refractivity contribution >= 4 is 23.4 Å². The molecule has 2 N–H and O–H groups in total. The van der Waals surface area contributed by atoms with E-state index in [-0.39, 0.29) is 5.56 Å². The molecule has 0 radical (unpaired) electrons. The average molecular weight is 284 g/mol. The summed E-state index contributed by atoms with van der Waals surface area (Å²) in [5.74, 6) is -0.327. The van der Waals surface area contributed by atoms with Crippen LogP contribution in [0.4, 0.5) is 5.82 Å². The normalized spacial score (nSPS) is 16.3. The number of pyridine rings is 1. The van der Waals surface area contributed by atoms with Crippen molar-refractivity contribution in [2.45, 2.75) is 25.8 Å². The minimum atomic E-state index is -1.01. The largest absolute Gasteiger partial charge is 0.478 e. The number of carboxylic acid groups (broad SMARTS) is 1. The van der Waals surface area contributed by atoms with Crippen molar-refractivity contribution in [2.75, 3.05) is 24.5 Å². The first-order valence-corrected chi connectivity index (χ1v) is 6.87. The summed E-state index contributed by atoms with van der Waals surface area (Å²) >= 11 is 6.18. The lowest BCUT2D eigenvalue weighted by atomic mass is 10.0. The highest BCUT2D eigenvalue weighted by molar-refractivity contribution is 6.33. The second-order valence-electron chi connectivity index (χ2n) is 4.60. The van der Waals surface area contributed by atoms with Gasteiger partial charge in [0.2, 0.25) is 0 Å². The lowest BCUT2D eigenvalue weighted by Gasteiger charge is -2.35. The molecule has 1 aliphatic rings. The van der Waals surface area contributed by atoms with Gasteiger partial charge in [-0.3, -0.25) is 0 Å². The van der Waals surface area contributed by atoms with Crippen molar-refractivity contribution in [3.63, 3.8) is 0 Å². The molecule has 2 heterocycles. The minimum Gasteiger partial charge on any atom is -0.478 e. The highest BCUT2D eigenvalue weighted by Gasteiger charge is 2.23. The summed E-state index contributed by atoms with van der Waals surface area (Å²) in [6, 6.07) is 1.88. The summed E-state index contributed by atoms with van der Waals surface area (Å²) in [5.41, 5.74) is 0.120. The number of carboxylic acids is 1. The van der Waals surface area contributed by atoms with Crippen LogP contribution in [0, 0.1) is 0 Å². The Morgan fingerprint density at radius 2 is 2.26 bits per heavy atom. The molecule has 0 bridgehead atoms. The molecule has 0 atom stereocenters. The van der Waals surface area contributed by atoms with Crippen LogP contribution in [0.3, 0.4) is 0 Å². The number of hydrogen-bond acceptors (Lipinski definition) is 4. The number of rotatable bonds is 4. The van der Waals surface area contributed by atoms with Crippen LogP contribution >= 0.6 is 11.6 Å². The zero-order chi connectivity index (χ0) is 13.8. The van der Waals surface area contributed by atoms with Crippen molar-refractivity contribution in [3.8, 4) is 0 Å². The molecule has 0 unspecified atom stereocenters. The summed E-state index contributed by atoms with van der Waals surface area (Å²) in [7, 11) is 0. The van der Waals surface area contributed by atoms with E-state index in [2.05, 4.69) is 22.1 Å². The first-order chi connectivity index (χ1) is 9.13. The van der Waals surface area contributed by atoms with E-state index in [0.29, 0.717) is 16.9 Å². The van der Waals surface area contributed by atoms with E-state index in [1.54, 1.807) is 0 Å². The van der Waals surface area contributed by atoms with Gasteiger partial charge in [-0.15, -0.1) is 0 Å². The van der Waals surface area contributed by atoms with Crippen molar-refractivity contribution in [1.82, 2.24) is 10.3 Å². The maximum atomic E-state index is 10.9. The Labute approximate surface area is 117 Å². The number of nitrogens with one attached hydrogen (secondary N) is 1. The number of aromatic carboxylic acids is 1. The molecular formula is C13H18ClN3O2. The predicted octanol–water partition coefficient (Wildman–Crippen LogP) is 2.01. The molecular weight excluding hydrogens is 266 g/mol. The van der Waals surface area contributed by atoms with E-state index < -0.39 is 5.97 Å². The maximum absolute atomic E-state index is 10.9. The van der Waals surface area contributed by atoms with Crippen molar-refractivity contribution in [2.24, 2.45) is 0 Å². The quantitative estimate of drug-likeness (QED) is 0.885. The molecule has 104 valence electrons. The van der Waals surface area contributed by atoms with Gasteiger partial charge in [0.05, 0.1) is 10.6 Å². The van der Waals surface area contributed by atoms with E-state index in [1.807, 2.05) is 0 Å². The fourth-order valence-electron chi connectivity index (χ4n) is 2.46. The fourth-order valence-corrected chi connectivity index (χ4v) is 2.73. The van der Waals surface area contributed by atoms with Gasteiger partial charge >= 0.3 is 5.97 Å². The SMILES string of the molecule is CCN(c1ncc(C(=O)O)cc1Cl)C1CCNCC1. The molecule has 0 amide bonds. The third-order valence-electron chi connectivity index (χ3n) is 3.43. The van der Waals surface area contributed by atoms with Gasteiger partial charge in [-0.2, -0.15) is 0 Å². The van der Waals surface area contributed by atoms with Gasteiger partial charge in [0.15, 0.2) is 0 Å². The number of halogens is 1. The van der Waals surface area contributed by atoms with E-state index in [0.717, 1.165) is 32.5 Å². The highest BCUT2D eigenvalue weighted by atomic mass is 35.5. The van der Waals surface area contributed by atoms with Crippen LogP contribution in [0.25, 0.3) is 0 Å².